The maximum Gasteiger partial charge on any atom is 0.222 e. The summed E-state index contributed by atoms with van der Waals surface area (Å²) in [7, 11) is 0. The highest BCUT2D eigenvalue weighted by molar-refractivity contribution is 5.77. The summed E-state index contributed by atoms with van der Waals surface area (Å²) in [5, 5.41) is 0. The number of nitrogens with two attached hydrogens (primary N) is 1. The van der Waals surface area contributed by atoms with Crippen molar-refractivity contribution < 1.29 is 9.59 Å². The third kappa shape index (κ3) is 4.64. The average molecular weight is 255 g/mol. The van der Waals surface area contributed by atoms with Crippen molar-refractivity contribution in [2.45, 2.75) is 33.1 Å². The molecule has 1 unspecified atom stereocenters. The van der Waals surface area contributed by atoms with Crippen molar-refractivity contribution in [2.75, 3.05) is 32.7 Å². The smallest absolute Gasteiger partial charge is 0.222 e. The lowest BCUT2D eigenvalue weighted by molar-refractivity contribution is -0.138. The molecular formula is C13H25N3O2. The molecule has 0 aromatic heterocycles. The van der Waals surface area contributed by atoms with Crippen LogP contribution >= 0.6 is 0 Å². The van der Waals surface area contributed by atoms with Crippen molar-refractivity contribution in [1.82, 2.24) is 9.80 Å². The molecule has 1 heterocycles. The Morgan fingerprint density at radius 2 is 1.67 bits per heavy atom. The third-order valence-corrected chi connectivity index (χ3v) is 3.59. The van der Waals surface area contributed by atoms with E-state index in [2.05, 4.69) is 6.92 Å². The first-order valence-electron chi connectivity index (χ1n) is 6.78. The van der Waals surface area contributed by atoms with E-state index in [0.717, 1.165) is 12.8 Å². The van der Waals surface area contributed by atoms with Gasteiger partial charge >= 0.3 is 0 Å². The molecule has 1 aliphatic heterocycles. The van der Waals surface area contributed by atoms with Gasteiger partial charge < -0.3 is 15.5 Å². The second kappa shape index (κ2) is 7.36. The van der Waals surface area contributed by atoms with Crippen LogP contribution in [0.2, 0.25) is 0 Å². The lowest BCUT2D eigenvalue weighted by atomic mass is 10.0. The van der Waals surface area contributed by atoms with E-state index in [-0.39, 0.29) is 11.8 Å². The van der Waals surface area contributed by atoms with Crippen molar-refractivity contribution >= 4 is 11.8 Å². The average Bonchev–Trinajstić information content (AvgIpc) is 2.36. The number of hydrogen-bond donors (Lipinski definition) is 1. The van der Waals surface area contributed by atoms with E-state index in [1.54, 1.807) is 11.8 Å². The Kier molecular flexibility index (Phi) is 6.12. The quantitative estimate of drug-likeness (QED) is 0.775. The van der Waals surface area contributed by atoms with Gasteiger partial charge in [-0.15, -0.1) is 0 Å². The molecule has 18 heavy (non-hydrogen) atoms. The van der Waals surface area contributed by atoms with Gasteiger partial charge in [0.15, 0.2) is 0 Å². The minimum atomic E-state index is 0.0960. The number of carbonyl (C=O) groups excluding carboxylic acids is 2. The normalized spacial score (nSPS) is 17.7. The number of piperazine rings is 1. The molecule has 104 valence electrons. The molecule has 1 saturated heterocycles. The van der Waals surface area contributed by atoms with Gasteiger partial charge in [0.05, 0.1) is 0 Å². The Bertz CT molecular complexity index is 286. The van der Waals surface area contributed by atoms with Crippen molar-refractivity contribution in [1.29, 1.82) is 0 Å². The largest absolute Gasteiger partial charge is 0.339 e. The SMILES string of the molecule is CC(=O)N1CCN(C(=O)CCC(C)CCN)CC1. The van der Waals surface area contributed by atoms with Gasteiger partial charge in [0.25, 0.3) is 0 Å². The Balaban J connectivity index is 2.25. The monoisotopic (exact) mass is 255 g/mol. The van der Waals surface area contributed by atoms with E-state index in [1.807, 2.05) is 4.90 Å². The molecule has 2 amide bonds. The fourth-order valence-electron chi connectivity index (χ4n) is 2.23. The van der Waals surface area contributed by atoms with Crippen LogP contribution in [0, 0.1) is 5.92 Å². The maximum atomic E-state index is 12.0. The van der Waals surface area contributed by atoms with E-state index in [0.29, 0.717) is 45.1 Å². The Morgan fingerprint density at radius 1 is 1.11 bits per heavy atom. The van der Waals surface area contributed by atoms with Crippen LogP contribution in [0.15, 0.2) is 0 Å². The molecule has 1 atom stereocenters. The van der Waals surface area contributed by atoms with Gasteiger partial charge in [-0.2, -0.15) is 0 Å². The van der Waals surface area contributed by atoms with Gasteiger partial charge in [-0.05, 0) is 25.3 Å². The van der Waals surface area contributed by atoms with Crippen molar-refractivity contribution in [3.8, 4) is 0 Å². The molecule has 0 aliphatic carbocycles. The zero-order valence-electron chi connectivity index (χ0n) is 11.5. The molecule has 0 radical (unpaired) electrons. The van der Waals surface area contributed by atoms with E-state index in [9.17, 15) is 9.59 Å². The molecule has 1 aliphatic rings. The lowest BCUT2D eigenvalue weighted by Crippen LogP contribution is -2.50. The summed E-state index contributed by atoms with van der Waals surface area (Å²) >= 11 is 0. The highest BCUT2D eigenvalue weighted by Gasteiger charge is 2.22. The first-order chi connectivity index (χ1) is 8.54. The Hall–Kier alpha value is -1.10. The summed E-state index contributed by atoms with van der Waals surface area (Å²) in [4.78, 5) is 26.8. The topological polar surface area (TPSA) is 66.6 Å². The fraction of sp³-hybridized carbons (Fsp3) is 0.846. The van der Waals surface area contributed by atoms with Gasteiger partial charge in [0, 0.05) is 39.5 Å². The first-order valence-corrected chi connectivity index (χ1v) is 6.78. The van der Waals surface area contributed by atoms with Crippen molar-refractivity contribution in [2.24, 2.45) is 11.7 Å². The van der Waals surface area contributed by atoms with E-state index >= 15 is 0 Å². The predicted octanol–water partition coefficient (Wildman–Crippen LogP) is 0.442. The molecule has 0 aromatic rings. The van der Waals surface area contributed by atoms with Crippen molar-refractivity contribution in [3.63, 3.8) is 0 Å². The summed E-state index contributed by atoms with van der Waals surface area (Å²) in [5.41, 5.74) is 5.49. The number of rotatable bonds is 5. The lowest BCUT2D eigenvalue weighted by Gasteiger charge is -2.34. The van der Waals surface area contributed by atoms with Crippen LogP contribution in [0.25, 0.3) is 0 Å². The van der Waals surface area contributed by atoms with E-state index in [1.165, 1.54) is 0 Å². The number of nitrogens with zero attached hydrogens (tertiary/aromatic N) is 2. The first kappa shape index (κ1) is 15.0. The van der Waals surface area contributed by atoms with Crippen LogP contribution in [0.4, 0.5) is 0 Å². The summed E-state index contributed by atoms with van der Waals surface area (Å²) < 4.78 is 0. The van der Waals surface area contributed by atoms with Gasteiger partial charge in [0.2, 0.25) is 11.8 Å². The molecule has 2 N–H and O–H groups in total. The van der Waals surface area contributed by atoms with Crippen LogP contribution in [0.3, 0.4) is 0 Å². The maximum absolute atomic E-state index is 12.0. The molecule has 5 heteroatoms. The molecule has 0 bridgehead atoms. The van der Waals surface area contributed by atoms with Crippen LogP contribution in [0.5, 0.6) is 0 Å². The molecule has 1 rings (SSSR count). The van der Waals surface area contributed by atoms with Crippen LogP contribution in [-0.2, 0) is 9.59 Å². The second-order valence-electron chi connectivity index (χ2n) is 5.11. The van der Waals surface area contributed by atoms with Gasteiger partial charge in [-0.25, -0.2) is 0 Å². The van der Waals surface area contributed by atoms with Crippen LogP contribution in [-0.4, -0.2) is 54.3 Å². The minimum Gasteiger partial charge on any atom is -0.339 e. The number of carbonyl (C=O) groups is 2. The summed E-state index contributed by atoms with van der Waals surface area (Å²) in [6.07, 6.45) is 2.48. The molecule has 1 fully saturated rings. The molecule has 0 aromatic carbocycles. The zero-order valence-corrected chi connectivity index (χ0v) is 11.5. The Labute approximate surface area is 109 Å². The standard InChI is InChI=1S/C13H25N3O2/c1-11(5-6-14)3-4-13(18)16-9-7-15(8-10-16)12(2)17/h11H,3-10,14H2,1-2H3. The summed E-state index contributed by atoms with van der Waals surface area (Å²) in [5.74, 6) is 0.818. The highest BCUT2D eigenvalue weighted by Crippen LogP contribution is 2.12. The highest BCUT2D eigenvalue weighted by atomic mass is 16.2. The van der Waals surface area contributed by atoms with E-state index < -0.39 is 0 Å². The predicted molar refractivity (Wildman–Crippen MR) is 70.9 cm³/mol. The fourth-order valence-corrected chi connectivity index (χ4v) is 2.23. The Morgan fingerprint density at radius 3 is 2.17 bits per heavy atom. The van der Waals surface area contributed by atoms with Gasteiger partial charge in [-0.1, -0.05) is 6.92 Å². The molecule has 5 nitrogen and oxygen atoms in total. The van der Waals surface area contributed by atoms with Crippen LogP contribution < -0.4 is 5.73 Å². The van der Waals surface area contributed by atoms with Gasteiger partial charge in [0.1, 0.15) is 0 Å². The molecule has 0 spiro atoms. The molecular weight excluding hydrogens is 230 g/mol. The second-order valence-corrected chi connectivity index (χ2v) is 5.11. The number of amides is 2. The van der Waals surface area contributed by atoms with E-state index in [4.69, 9.17) is 5.73 Å². The van der Waals surface area contributed by atoms with Gasteiger partial charge in [-0.3, -0.25) is 9.59 Å². The molecule has 0 saturated carbocycles. The van der Waals surface area contributed by atoms with Crippen molar-refractivity contribution in [3.05, 3.63) is 0 Å². The van der Waals surface area contributed by atoms with Crippen LogP contribution in [0.1, 0.15) is 33.1 Å². The summed E-state index contributed by atoms with van der Waals surface area (Å²) in [6.45, 7) is 7.07. The third-order valence-electron chi connectivity index (χ3n) is 3.59. The minimum absolute atomic E-state index is 0.0960. The zero-order chi connectivity index (χ0) is 13.5. The number of hydrogen-bond acceptors (Lipinski definition) is 3. The summed E-state index contributed by atoms with van der Waals surface area (Å²) in [6, 6.07) is 0.